The summed E-state index contributed by atoms with van der Waals surface area (Å²) in [5.41, 5.74) is 2.83. The third-order valence-corrected chi connectivity index (χ3v) is 5.20. The lowest BCUT2D eigenvalue weighted by molar-refractivity contribution is -0.162. The largest absolute Gasteiger partial charge is 0.388 e. The molecule has 0 bridgehead atoms. The van der Waals surface area contributed by atoms with Crippen molar-refractivity contribution in [3.8, 4) is 0 Å². The zero-order valence-electron chi connectivity index (χ0n) is 18.6. The summed E-state index contributed by atoms with van der Waals surface area (Å²) in [6.45, 7) is 0.656. The highest BCUT2D eigenvalue weighted by molar-refractivity contribution is 5.15. The smallest absolute Gasteiger partial charge is 0.115 e. The maximum atomic E-state index is 10.8. The first kappa shape index (κ1) is 25.1. The Morgan fingerprint density at radius 1 is 0.515 bits per heavy atom. The summed E-state index contributed by atoms with van der Waals surface area (Å²) in [5, 5.41) is 32.0. The third kappa shape index (κ3) is 8.70. The van der Waals surface area contributed by atoms with Crippen LogP contribution in [0.2, 0.25) is 0 Å². The summed E-state index contributed by atoms with van der Waals surface area (Å²) in [4.78, 5) is 0. The van der Waals surface area contributed by atoms with E-state index in [4.69, 9.17) is 14.2 Å². The first-order chi connectivity index (χ1) is 16.1. The third-order valence-electron chi connectivity index (χ3n) is 5.20. The van der Waals surface area contributed by atoms with Gasteiger partial charge in [0.05, 0.1) is 33.0 Å². The molecule has 3 N–H and O–H groups in total. The zero-order chi connectivity index (χ0) is 23.3. The van der Waals surface area contributed by atoms with E-state index in [1.807, 2.05) is 91.0 Å². The monoisotopic (exact) mass is 452 g/mol. The second-order valence-electron chi connectivity index (χ2n) is 7.89. The van der Waals surface area contributed by atoms with E-state index in [1.165, 1.54) is 0 Å². The molecule has 3 aromatic carbocycles. The van der Waals surface area contributed by atoms with Crippen molar-refractivity contribution in [3.63, 3.8) is 0 Å². The lowest BCUT2D eigenvalue weighted by Crippen LogP contribution is -2.49. The molecule has 4 atom stereocenters. The van der Waals surface area contributed by atoms with Crippen LogP contribution in [0.15, 0.2) is 91.0 Å². The molecule has 6 nitrogen and oxygen atoms in total. The fourth-order valence-corrected chi connectivity index (χ4v) is 3.36. The Balaban J connectivity index is 1.55. The van der Waals surface area contributed by atoms with E-state index in [0.29, 0.717) is 13.2 Å². The topological polar surface area (TPSA) is 88.4 Å². The highest BCUT2D eigenvalue weighted by Crippen LogP contribution is 2.15. The van der Waals surface area contributed by atoms with Gasteiger partial charge in [0.25, 0.3) is 0 Å². The van der Waals surface area contributed by atoms with Crippen molar-refractivity contribution in [2.75, 3.05) is 13.2 Å². The Kier molecular flexibility index (Phi) is 10.5. The molecule has 0 aliphatic heterocycles. The maximum absolute atomic E-state index is 10.8. The van der Waals surface area contributed by atoms with Crippen LogP contribution in [0.5, 0.6) is 0 Å². The average Bonchev–Trinajstić information content (AvgIpc) is 2.86. The molecule has 0 aliphatic rings. The van der Waals surface area contributed by atoms with E-state index in [0.717, 1.165) is 16.7 Å². The van der Waals surface area contributed by atoms with Crippen LogP contribution in [-0.4, -0.2) is 52.9 Å². The number of rotatable bonds is 14. The molecule has 0 heterocycles. The lowest BCUT2D eigenvalue weighted by atomic mass is 10.0. The van der Waals surface area contributed by atoms with Crippen molar-refractivity contribution in [2.45, 2.75) is 44.2 Å². The van der Waals surface area contributed by atoms with Crippen molar-refractivity contribution in [1.82, 2.24) is 0 Å². The Morgan fingerprint density at radius 2 is 0.909 bits per heavy atom. The van der Waals surface area contributed by atoms with Crippen LogP contribution in [0, 0.1) is 0 Å². The van der Waals surface area contributed by atoms with E-state index < -0.39 is 24.4 Å². The number of ether oxygens (including phenoxy) is 3. The van der Waals surface area contributed by atoms with E-state index >= 15 is 0 Å². The lowest BCUT2D eigenvalue weighted by Gasteiger charge is -2.30. The first-order valence-corrected chi connectivity index (χ1v) is 11.1. The number of hydrogen-bond acceptors (Lipinski definition) is 6. The fourth-order valence-electron chi connectivity index (χ4n) is 3.36. The predicted octanol–water partition coefficient (Wildman–Crippen LogP) is 3.09. The summed E-state index contributed by atoms with van der Waals surface area (Å²) in [6.07, 6.45) is -4.80. The fraction of sp³-hybridized carbons (Fsp3) is 0.333. The molecule has 0 fully saturated rings. The molecule has 0 aromatic heterocycles. The summed E-state index contributed by atoms with van der Waals surface area (Å²) in [7, 11) is 0. The maximum Gasteiger partial charge on any atom is 0.115 e. The quantitative estimate of drug-likeness (QED) is 0.348. The van der Waals surface area contributed by atoms with Crippen molar-refractivity contribution in [3.05, 3.63) is 108 Å². The minimum absolute atomic E-state index is 0.0526. The molecule has 0 saturated heterocycles. The summed E-state index contributed by atoms with van der Waals surface area (Å²) < 4.78 is 17.0. The Labute approximate surface area is 195 Å². The minimum Gasteiger partial charge on any atom is -0.388 e. The van der Waals surface area contributed by atoms with Gasteiger partial charge in [-0.1, -0.05) is 91.0 Å². The van der Waals surface area contributed by atoms with Crippen LogP contribution < -0.4 is 0 Å². The van der Waals surface area contributed by atoms with Crippen LogP contribution in [0.3, 0.4) is 0 Å². The summed E-state index contributed by atoms with van der Waals surface area (Å²) in [5.74, 6) is 0. The summed E-state index contributed by atoms with van der Waals surface area (Å²) >= 11 is 0. The Bertz CT molecular complexity index is 890. The standard InChI is InChI=1S/C27H32O6/c28-24(19-31-16-21-10-4-1-5-11-21)26(30)27(33-18-23-14-8-3-9-15-23)25(29)20-32-17-22-12-6-2-7-13-22/h1-15,24-30H,16-20H2. The molecular weight excluding hydrogens is 420 g/mol. The van der Waals surface area contributed by atoms with Crippen molar-refractivity contribution >= 4 is 0 Å². The van der Waals surface area contributed by atoms with Gasteiger partial charge in [-0.15, -0.1) is 0 Å². The SMILES string of the molecule is OC(COCc1ccccc1)C(O)C(OCc1ccccc1)C(O)COCc1ccccc1. The predicted molar refractivity (Wildman–Crippen MR) is 125 cm³/mol. The molecule has 33 heavy (non-hydrogen) atoms. The first-order valence-electron chi connectivity index (χ1n) is 11.1. The molecule has 0 spiro atoms. The van der Waals surface area contributed by atoms with Gasteiger partial charge < -0.3 is 29.5 Å². The van der Waals surface area contributed by atoms with Crippen LogP contribution in [0.1, 0.15) is 16.7 Å². The van der Waals surface area contributed by atoms with Gasteiger partial charge in [0.2, 0.25) is 0 Å². The summed E-state index contributed by atoms with van der Waals surface area (Å²) in [6, 6.07) is 28.6. The second kappa shape index (κ2) is 13.9. The van der Waals surface area contributed by atoms with Gasteiger partial charge in [0.15, 0.2) is 0 Å². The van der Waals surface area contributed by atoms with Crippen molar-refractivity contribution in [1.29, 1.82) is 0 Å². The molecule has 3 aromatic rings. The molecule has 176 valence electrons. The minimum atomic E-state index is -1.36. The van der Waals surface area contributed by atoms with Gasteiger partial charge in [0, 0.05) is 0 Å². The molecule has 4 unspecified atom stereocenters. The number of aliphatic hydroxyl groups excluding tert-OH is 3. The second-order valence-corrected chi connectivity index (χ2v) is 7.89. The van der Waals surface area contributed by atoms with Gasteiger partial charge in [-0.3, -0.25) is 0 Å². The van der Waals surface area contributed by atoms with Crippen LogP contribution in [0.4, 0.5) is 0 Å². The molecule has 0 amide bonds. The van der Waals surface area contributed by atoms with Gasteiger partial charge in [0.1, 0.15) is 24.4 Å². The van der Waals surface area contributed by atoms with E-state index in [2.05, 4.69) is 0 Å². The van der Waals surface area contributed by atoms with E-state index in [-0.39, 0.29) is 19.8 Å². The molecule has 0 aliphatic carbocycles. The number of benzene rings is 3. The van der Waals surface area contributed by atoms with Crippen molar-refractivity contribution < 1.29 is 29.5 Å². The highest BCUT2D eigenvalue weighted by atomic mass is 16.5. The van der Waals surface area contributed by atoms with Gasteiger partial charge in [-0.05, 0) is 16.7 Å². The molecule has 0 saturated carbocycles. The Morgan fingerprint density at radius 3 is 1.36 bits per heavy atom. The van der Waals surface area contributed by atoms with Gasteiger partial charge in [-0.25, -0.2) is 0 Å². The van der Waals surface area contributed by atoms with Crippen LogP contribution in [0.25, 0.3) is 0 Å². The molecule has 6 heteroatoms. The zero-order valence-corrected chi connectivity index (χ0v) is 18.6. The van der Waals surface area contributed by atoms with Crippen molar-refractivity contribution in [2.24, 2.45) is 0 Å². The normalized spacial score (nSPS) is 15.0. The van der Waals surface area contributed by atoms with E-state index in [9.17, 15) is 15.3 Å². The Hall–Kier alpha value is -2.58. The van der Waals surface area contributed by atoms with Gasteiger partial charge >= 0.3 is 0 Å². The number of hydrogen-bond donors (Lipinski definition) is 3. The van der Waals surface area contributed by atoms with Crippen LogP contribution in [-0.2, 0) is 34.0 Å². The molecule has 3 rings (SSSR count). The number of aliphatic hydroxyl groups is 3. The van der Waals surface area contributed by atoms with Crippen LogP contribution >= 0.6 is 0 Å². The molecule has 0 radical (unpaired) electrons. The highest BCUT2D eigenvalue weighted by Gasteiger charge is 2.33. The van der Waals surface area contributed by atoms with E-state index in [1.54, 1.807) is 0 Å². The molecular formula is C27H32O6. The average molecular weight is 453 g/mol. The van der Waals surface area contributed by atoms with Gasteiger partial charge in [-0.2, -0.15) is 0 Å².